The molecule has 0 radical (unpaired) electrons. The molecular weight excluding hydrogens is 318 g/mol. The van der Waals surface area contributed by atoms with Gasteiger partial charge in [-0.05, 0) is 31.9 Å². The number of aromatic nitrogens is 4. The van der Waals surface area contributed by atoms with Crippen molar-refractivity contribution in [2.75, 3.05) is 11.9 Å². The highest BCUT2D eigenvalue weighted by Crippen LogP contribution is 2.37. The Kier molecular flexibility index (Phi) is 4.68. The van der Waals surface area contributed by atoms with Crippen LogP contribution in [0.15, 0.2) is 23.1 Å². The molecule has 0 spiro atoms. The van der Waals surface area contributed by atoms with E-state index in [0.29, 0.717) is 24.5 Å². The average Bonchev–Trinajstić information content (AvgIpc) is 3.09. The van der Waals surface area contributed by atoms with Crippen LogP contribution < -0.4 is 11.0 Å². The van der Waals surface area contributed by atoms with Crippen molar-refractivity contribution < 1.29 is 5.11 Å². The van der Waals surface area contributed by atoms with E-state index in [0.717, 1.165) is 18.1 Å². The second-order valence-electron chi connectivity index (χ2n) is 5.87. The molecule has 3 atom stereocenters. The molecule has 1 aliphatic carbocycles. The van der Waals surface area contributed by atoms with Gasteiger partial charge >= 0.3 is 5.69 Å². The number of aliphatic hydroxyl groups excluding tert-OH is 1. The standard InChI is InChI=1S/C15H20ClN5O2/c1-2-21-14(19-20-15(21)23)9-5-10(12(22)6-9)7-17-13-4-3-11(16)8-18-13/h3-4,8-10,12,22H,2,5-7H2,1H3,(H,17,18)(H,20,23)/t9-,10+,12+/m0/s1. The fourth-order valence-corrected chi connectivity index (χ4v) is 3.31. The first-order valence-electron chi connectivity index (χ1n) is 7.77. The molecule has 0 amide bonds. The van der Waals surface area contributed by atoms with Crippen molar-refractivity contribution in [3.8, 4) is 0 Å². The number of halogens is 1. The fourth-order valence-electron chi connectivity index (χ4n) is 3.20. The monoisotopic (exact) mass is 337 g/mol. The van der Waals surface area contributed by atoms with E-state index in [4.69, 9.17) is 11.6 Å². The van der Waals surface area contributed by atoms with Gasteiger partial charge in [-0.3, -0.25) is 4.57 Å². The lowest BCUT2D eigenvalue weighted by atomic mass is 10.0. The van der Waals surface area contributed by atoms with Crippen LogP contribution in [-0.2, 0) is 6.54 Å². The Hall–Kier alpha value is -1.86. The average molecular weight is 338 g/mol. The number of hydrogen-bond donors (Lipinski definition) is 3. The van der Waals surface area contributed by atoms with Crippen LogP contribution in [0.1, 0.15) is 31.5 Å². The summed E-state index contributed by atoms with van der Waals surface area (Å²) >= 11 is 5.81. The zero-order valence-corrected chi connectivity index (χ0v) is 13.6. The second kappa shape index (κ2) is 6.72. The first-order chi connectivity index (χ1) is 11.1. The number of aromatic amines is 1. The molecule has 1 fully saturated rings. The fraction of sp³-hybridized carbons (Fsp3) is 0.533. The number of nitrogens with zero attached hydrogens (tertiary/aromatic N) is 3. The zero-order chi connectivity index (χ0) is 16.4. The van der Waals surface area contributed by atoms with Crippen molar-refractivity contribution in [2.45, 2.75) is 38.3 Å². The lowest BCUT2D eigenvalue weighted by Crippen LogP contribution is -2.22. The van der Waals surface area contributed by atoms with Crippen molar-refractivity contribution in [3.63, 3.8) is 0 Å². The topological polar surface area (TPSA) is 95.8 Å². The van der Waals surface area contributed by atoms with E-state index in [1.807, 2.05) is 13.0 Å². The van der Waals surface area contributed by atoms with E-state index in [2.05, 4.69) is 20.5 Å². The summed E-state index contributed by atoms with van der Waals surface area (Å²) in [4.78, 5) is 15.9. The maximum Gasteiger partial charge on any atom is 0.343 e. The van der Waals surface area contributed by atoms with Crippen molar-refractivity contribution in [1.82, 2.24) is 19.7 Å². The minimum atomic E-state index is -0.420. The molecule has 1 saturated carbocycles. The van der Waals surface area contributed by atoms with E-state index < -0.39 is 6.10 Å². The van der Waals surface area contributed by atoms with Crippen LogP contribution in [0.25, 0.3) is 0 Å². The summed E-state index contributed by atoms with van der Waals surface area (Å²) in [6.07, 6.45) is 2.56. The van der Waals surface area contributed by atoms with E-state index in [1.165, 1.54) is 0 Å². The predicted octanol–water partition coefficient (Wildman–Crippen LogP) is 1.61. The van der Waals surface area contributed by atoms with Crippen LogP contribution in [0.2, 0.25) is 5.02 Å². The Morgan fingerprint density at radius 3 is 3.00 bits per heavy atom. The molecule has 0 aromatic carbocycles. The molecule has 124 valence electrons. The molecule has 0 unspecified atom stereocenters. The van der Waals surface area contributed by atoms with Crippen LogP contribution in [0.5, 0.6) is 0 Å². The lowest BCUT2D eigenvalue weighted by Gasteiger charge is -2.15. The van der Waals surface area contributed by atoms with Gasteiger partial charge in [0.1, 0.15) is 11.6 Å². The maximum atomic E-state index is 11.7. The molecule has 2 heterocycles. The Labute approximate surface area is 138 Å². The molecule has 2 aromatic heterocycles. The van der Waals surface area contributed by atoms with Crippen LogP contribution in [-0.4, -0.2) is 37.5 Å². The summed E-state index contributed by atoms with van der Waals surface area (Å²) < 4.78 is 1.63. The zero-order valence-electron chi connectivity index (χ0n) is 12.9. The molecule has 0 bridgehead atoms. The molecule has 7 nitrogen and oxygen atoms in total. The molecule has 0 saturated heterocycles. The van der Waals surface area contributed by atoms with Crippen LogP contribution >= 0.6 is 11.6 Å². The number of hydrogen-bond acceptors (Lipinski definition) is 5. The summed E-state index contributed by atoms with van der Waals surface area (Å²) in [5.41, 5.74) is -0.191. The van der Waals surface area contributed by atoms with Gasteiger partial charge in [0.15, 0.2) is 0 Å². The summed E-state index contributed by atoms with van der Waals surface area (Å²) in [7, 11) is 0. The summed E-state index contributed by atoms with van der Waals surface area (Å²) in [6, 6.07) is 3.58. The number of H-pyrrole nitrogens is 1. The predicted molar refractivity (Wildman–Crippen MR) is 87.7 cm³/mol. The highest BCUT2D eigenvalue weighted by molar-refractivity contribution is 6.30. The Balaban J connectivity index is 1.64. The van der Waals surface area contributed by atoms with Gasteiger partial charge in [0.05, 0.1) is 11.1 Å². The quantitative estimate of drug-likeness (QED) is 0.770. The summed E-state index contributed by atoms with van der Waals surface area (Å²) in [5, 5.41) is 20.7. The maximum absolute atomic E-state index is 11.7. The molecule has 8 heteroatoms. The normalized spacial score (nSPS) is 24.0. The molecular formula is C15H20ClN5O2. The number of anilines is 1. The van der Waals surface area contributed by atoms with Crippen LogP contribution in [0.4, 0.5) is 5.82 Å². The van der Waals surface area contributed by atoms with Gasteiger partial charge < -0.3 is 10.4 Å². The van der Waals surface area contributed by atoms with Gasteiger partial charge in [-0.25, -0.2) is 14.9 Å². The Bertz CT molecular complexity index is 711. The molecule has 2 aromatic rings. The molecule has 3 rings (SSSR count). The summed E-state index contributed by atoms with van der Waals surface area (Å²) in [6.45, 7) is 3.11. The Morgan fingerprint density at radius 2 is 2.30 bits per heavy atom. The van der Waals surface area contributed by atoms with Gasteiger partial charge in [0.25, 0.3) is 0 Å². The van der Waals surface area contributed by atoms with Gasteiger partial charge in [0.2, 0.25) is 0 Å². The third kappa shape index (κ3) is 3.40. The SMILES string of the molecule is CCn1c([C@H]2C[C@H](CNc3ccc(Cl)cn3)[C@H](O)C2)n[nH]c1=O. The molecule has 0 aliphatic heterocycles. The third-order valence-corrected chi connectivity index (χ3v) is 4.62. The van der Waals surface area contributed by atoms with E-state index in [9.17, 15) is 9.90 Å². The highest BCUT2D eigenvalue weighted by atomic mass is 35.5. The number of aliphatic hydroxyl groups is 1. The smallest absolute Gasteiger partial charge is 0.343 e. The van der Waals surface area contributed by atoms with Gasteiger partial charge in [-0.2, -0.15) is 5.10 Å². The minimum absolute atomic E-state index is 0.0916. The number of pyridine rings is 1. The second-order valence-corrected chi connectivity index (χ2v) is 6.31. The van der Waals surface area contributed by atoms with Gasteiger partial charge in [0, 0.05) is 31.1 Å². The lowest BCUT2D eigenvalue weighted by molar-refractivity contribution is 0.137. The van der Waals surface area contributed by atoms with Gasteiger partial charge in [-0.1, -0.05) is 11.6 Å². The van der Waals surface area contributed by atoms with Gasteiger partial charge in [-0.15, -0.1) is 0 Å². The third-order valence-electron chi connectivity index (χ3n) is 4.40. The first kappa shape index (κ1) is 16.0. The Morgan fingerprint density at radius 1 is 1.48 bits per heavy atom. The largest absolute Gasteiger partial charge is 0.393 e. The van der Waals surface area contributed by atoms with E-state index in [1.54, 1.807) is 16.8 Å². The number of nitrogens with one attached hydrogen (secondary N) is 2. The van der Waals surface area contributed by atoms with E-state index >= 15 is 0 Å². The van der Waals surface area contributed by atoms with Crippen molar-refractivity contribution in [2.24, 2.45) is 5.92 Å². The highest BCUT2D eigenvalue weighted by Gasteiger charge is 2.36. The minimum Gasteiger partial charge on any atom is -0.393 e. The first-order valence-corrected chi connectivity index (χ1v) is 8.14. The molecule has 1 aliphatic rings. The molecule has 3 N–H and O–H groups in total. The van der Waals surface area contributed by atoms with Crippen molar-refractivity contribution >= 4 is 17.4 Å². The molecule has 23 heavy (non-hydrogen) atoms. The number of rotatable bonds is 5. The van der Waals surface area contributed by atoms with Crippen molar-refractivity contribution in [1.29, 1.82) is 0 Å². The van der Waals surface area contributed by atoms with Crippen LogP contribution in [0.3, 0.4) is 0 Å². The van der Waals surface area contributed by atoms with E-state index in [-0.39, 0.29) is 17.5 Å². The van der Waals surface area contributed by atoms with Crippen molar-refractivity contribution in [3.05, 3.63) is 39.7 Å². The summed E-state index contributed by atoms with van der Waals surface area (Å²) in [5.74, 6) is 1.66. The van der Waals surface area contributed by atoms with Crippen LogP contribution in [0, 0.1) is 5.92 Å².